The van der Waals surface area contributed by atoms with Gasteiger partial charge in [-0.25, -0.2) is 8.78 Å². The van der Waals surface area contributed by atoms with Gasteiger partial charge in [0.25, 0.3) is 0 Å². The summed E-state index contributed by atoms with van der Waals surface area (Å²) >= 11 is 0. The zero-order valence-corrected chi connectivity index (χ0v) is 10.1. The van der Waals surface area contributed by atoms with Gasteiger partial charge in [0.15, 0.2) is 0 Å². The van der Waals surface area contributed by atoms with E-state index in [-0.39, 0.29) is 11.3 Å². The molecule has 3 nitrogen and oxygen atoms in total. The topological polar surface area (TPSA) is 41.8 Å². The van der Waals surface area contributed by atoms with E-state index >= 15 is 0 Å². The molecule has 2 rings (SSSR count). The second-order valence-corrected chi connectivity index (χ2v) is 3.80. The predicted molar refractivity (Wildman–Crippen MR) is 66.8 cm³/mol. The van der Waals surface area contributed by atoms with E-state index in [1.807, 2.05) is 0 Å². The van der Waals surface area contributed by atoms with E-state index in [0.717, 1.165) is 12.1 Å². The van der Waals surface area contributed by atoms with Crippen LogP contribution in [0.15, 0.2) is 47.6 Å². The Morgan fingerprint density at radius 3 is 2.58 bits per heavy atom. The lowest BCUT2D eigenvalue weighted by atomic mass is 10.0. The SMILES string of the molecule is COc1cccc(C(=NO)c2ccc(F)cc2F)c1. The first-order valence-electron chi connectivity index (χ1n) is 5.47. The third-order valence-corrected chi connectivity index (χ3v) is 2.63. The summed E-state index contributed by atoms with van der Waals surface area (Å²) in [6, 6.07) is 9.68. The van der Waals surface area contributed by atoms with Gasteiger partial charge in [0, 0.05) is 17.2 Å². The third kappa shape index (κ3) is 2.70. The van der Waals surface area contributed by atoms with Crippen molar-refractivity contribution in [2.75, 3.05) is 7.11 Å². The Morgan fingerprint density at radius 1 is 1.16 bits per heavy atom. The van der Waals surface area contributed by atoms with Gasteiger partial charge in [0.2, 0.25) is 0 Å². The Hall–Kier alpha value is -2.43. The van der Waals surface area contributed by atoms with Crippen molar-refractivity contribution >= 4 is 5.71 Å². The molecule has 0 amide bonds. The molecule has 0 heterocycles. The Balaban J connectivity index is 2.50. The van der Waals surface area contributed by atoms with Crippen molar-refractivity contribution in [3.8, 4) is 5.75 Å². The average molecular weight is 263 g/mol. The summed E-state index contributed by atoms with van der Waals surface area (Å²) in [6.07, 6.45) is 0. The molecule has 0 unspecified atom stereocenters. The largest absolute Gasteiger partial charge is 0.497 e. The van der Waals surface area contributed by atoms with Crippen LogP contribution in [-0.2, 0) is 0 Å². The molecular formula is C14H11F2NO2. The first-order chi connectivity index (χ1) is 9.15. The minimum atomic E-state index is -0.796. The quantitative estimate of drug-likeness (QED) is 0.525. The van der Waals surface area contributed by atoms with Crippen molar-refractivity contribution < 1.29 is 18.7 Å². The van der Waals surface area contributed by atoms with Gasteiger partial charge in [0.05, 0.1) is 7.11 Å². The number of benzene rings is 2. The Morgan fingerprint density at radius 2 is 1.95 bits per heavy atom. The van der Waals surface area contributed by atoms with Gasteiger partial charge in [0.1, 0.15) is 23.1 Å². The second-order valence-electron chi connectivity index (χ2n) is 3.80. The van der Waals surface area contributed by atoms with Crippen LogP contribution in [0, 0.1) is 11.6 Å². The molecule has 1 N–H and O–H groups in total. The van der Waals surface area contributed by atoms with E-state index in [9.17, 15) is 8.78 Å². The molecule has 19 heavy (non-hydrogen) atoms. The highest BCUT2D eigenvalue weighted by atomic mass is 19.1. The van der Waals surface area contributed by atoms with Gasteiger partial charge < -0.3 is 9.94 Å². The molecule has 2 aromatic rings. The lowest BCUT2D eigenvalue weighted by molar-refractivity contribution is 0.319. The molecule has 0 bridgehead atoms. The molecule has 5 heteroatoms. The predicted octanol–water partition coefficient (Wildman–Crippen LogP) is 3.20. The molecule has 98 valence electrons. The first-order valence-corrected chi connectivity index (χ1v) is 5.47. The molecule has 0 aliphatic carbocycles. The fraction of sp³-hybridized carbons (Fsp3) is 0.0714. The molecule has 2 aromatic carbocycles. The summed E-state index contributed by atoms with van der Waals surface area (Å²) < 4.78 is 31.6. The highest BCUT2D eigenvalue weighted by Gasteiger charge is 2.14. The summed E-state index contributed by atoms with van der Waals surface area (Å²) in [5, 5.41) is 12.2. The van der Waals surface area contributed by atoms with E-state index in [1.54, 1.807) is 24.3 Å². The number of nitrogens with zero attached hydrogens (tertiary/aromatic N) is 1. The van der Waals surface area contributed by atoms with Gasteiger partial charge >= 0.3 is 0 Å². The third-order valence-electron chi connectivity index (χ3n) is 2.63. The number of ether oxygens (including phenoxy) is 1. The fourth-order valence-electron chi connectivity index (χ4n) is 1.72. The van der Waals surface area contributed by atoms with Crippen LogP contribution in [-0.4, -0.2) is 18.0 Å². The minimum absolute atomic E-state index is 0.0106. The summed E-state index contributed by atoms with van der Waals surface area (Å²) in [7, 11) is 1.49. The average Bonchev–Trinajstić information content (AvgIpc) is 2.42. The first kappa shape index (κ1) is 13.0. The maximum atomic E-state index is 13.7. The zero-order chi connectivity index (χ0) is 13.8. The van der Waals surface area contributed by atoms with Crippen LogP contribution in [0.3, 0.4) is 0 Å². The molecule has 0 spiro atoms. The van der Waals surface area contributed by atoms with Crippen molar-refractivity contribution in [2.45, 2.75) is 0 Å². The molecule has 0 saturated heterocycles. The van der Waals surface area contributed by atoms with Crippen molar-refractivity contribution in [1.29, 1.82) is 0 Å². The highest BCUT2D eigenvalue weighted by Crippen LogP contribution is 2.19. The van der Waals surface area contributed by atoms with Gasteiger partial charge in [-0.2, -0.15) is 0 Å². The Labute approximate surface area is 108 Å². The van der Waals surface area contributed by atoms with Crippen molar-refractivity contribution in [1.82, 2.24) is 0 Å². The molecule has 0 aliphatic heterocycles. The van der Waals surface area contributed by atoms with Crippen LogP contribution in [0.2, 0.25) is 0 Å². The van der Waals surface area contributed by atoms with Crippen LogP contribution in [0.25, 0.3) is 0 Å². The number of oxime groups is 1. The van der Waals surface area contributed by atoms with Crippen LogP contribution in [0.1, 0.15) is 11.1 Å². The van der Waals surface area contributed by atoms with Crippen molar-refractivity contribution in [2.24, 2.45) is 5.16 Å². The van der Waals surface area contributed by atoms with E-state index in [1.165, 1.54) is 13.2 Å². The van der Waals surface area contributed by atoms with Crippen LogP contribution < -0.4 is 4.74 Å². The second kappa shape index (κ2) is 5.48. The van der Waals surface area contributed by atoms with E-state index in [2.05, 4.69) is 5.16 Å². The van der Waals surface area contributed by atoms with Crippen LogP contribution in [0.5, 0.6) is 5.75 Å². The lowest BCUT2D eigenvalue weighted by Crippen LogP contribution is -2.06. The molecule has 0 aromatic heterocycles. The summed E-state index contributed by atoms with van der Waals surface area (Å²) in [4.78, 5) is 0. The van der Waals surface area contributed by atoms with Crippen LogP contribution in [0.4, 0.5) is 8.78 Å². The molecule has 0 radical (unpaired) electrons. The zero-order valence-electron chi connectivity index (χ0n) is 10.1. The van der Waals surface area contributed by atoms with Crippen molar-refractivity contribution in [3.05, 3.63) is 65.2 Å². The number of hydrogen-bond acceptors (Lipinski definition) is 3. The maximum Gasteiger partial charge on any atom is 0.135 e. The molecule has 0 saturated carbocycles. The van der Waals surface area contributed by atoms with Gasteiger partial charge in [-0.1, -0.05) is 17.3 Å². The molecule has 0 aliphatic rings. The number of halogens is 2. The summed E-state index contributed by atoms with van der Waals surface area (Å²) in [6.45, 7) is 0. The lowest BCUT2D eigenvalue weighted by Gasteiger charge is -2.08. The number of rotatable bonds is 3. The van der Waals surface area contributed by atoms with E-state index in [4.69, 9.17) is 9.94 Å². The number of methoxy groups -OCH3 is 1. The normalized spacial score (nSPS) is 11.4. The van der Waals surface area contributed by atoms with Gasteiger partial charge in [-0.3, -0.25) is 0 Å². The molecule has 0 fully saturated rings. The molecule has 0 atom stereocenters. The van der Waals surface area contributed by atoms with E-state index in [0.29, 0.717) is 11.3 Å². The van der Waals surface area contributed by atoms with Gasteiger partial charge in [-0.15, -0.1) is 0 Å². The molecular weight excluding hydrogens is 252 g/mol. The van der Waals surface area contributed by atoms with Crippen LogP contribution >= 0.6 is 0 Å². The highest BCUT2D eigenvalue weighted by molar-refractivity contribution is 6.12. The van der Waals surface area contributed by atoms with E-state index < -0.39 is 11.6 Å². The Bertz CT molecular complexity index is 627. The van der Waals surface area contributed by atoms with Gasteiger partial charge in [-0.05, 0) is 24.3 Å². The summed E-state index contributed by atoms with van der Waals surface area (Å²) in [5.41, 5.74) is 0.487. The minimum Gasteiger partial charge on any atom is -0.497 e. The fourth-order valence-corrected chi connectivity index (χ4v) is 1.72. The Kier molecular flexibility index (Phi) is 3.75. The monoisotopic (exact) mass is 263 g/mol. The standard InChI is InChI=1S/C14H11F2NO2/c1-19-11-4-2-3-9(7-11)14(17-18)12-6-5-10(15)8-13(12)16/h2-8,18H,1H3. The smallest absolute Gasteiger partial charge is 0.135 e. The maximum absolute atomic E-state index is 13.7. The van der Waals surface area contributed by atoms with Crippen molar-refractivity contribution in [3.63, 3.8) is 0 Å². The number of hydrogen-bond donors (Lipinski definition) is 1. The summed E-state index contributed by atoms with van der Waals surface area (Å²) in [5.74, 6) is -0.944.